The Morgan fingerprint density at radius 2 is 1.77 bits per heavy atom. The number of nitrogens with one attached hydrogen (secondary N) is 1. The molecule has 1 aromatic heterocycles. The second-order valence-corrected chi connectivity index (χ2v) is 7.44. The summed E-state index contributed by atoms with van der Waals surface area (Å²) in [6.07, 6.45) is 0. The Labute approximate surface area is 180 Å². The number of aryl methyl sites for hydroxylation is 2. The summed E-state index contributed by atoms with van der Waals surface area (Å²) in [7, 11) is 1.60. The van der Waals surface area contributed by atoms with Gasteiger partial charge in [0.2, 0.25) is 5.89 Å². The van der Waals surface area contributed by atoms with Crippen LogP contribution in [0.1, 0.15) is 16.7 Å². The number of oxazole rings is 1. The molecular formula is C25H24N2O4. The van der Waals surface area contributed by atoms with Crippen LogP contribution in [0.25, 0.3) is 22.6 Å². The molecule has 0 bridgehead atoms. The van der Waals surface area contributed by atoms with Gasteiger partial charge < -0.3 is 19.2 Å². The number of anilines is 1. The number of hydrogen-bond donors (Lipinski definition) is 1. The van der Waals surface area contributed by atoms with Crippen LogP contribution in [0.5, 0.6) is 11.5 Å². The number of benzene rings is 3. The van der Waals surface area contributed by atoms with Gasteiger partial charge >= 0.3 is 0 Å². The Bertz CT molecular complexity index is 1240. The van der Waals surface area contributed by atoms with Gasteiger partial charge in [-0.05, 0) is 79.9 Å². The van der Waals surface area contributed by atoms with E-state index in [9.17, 15) is 4.79 Å². The minimum atomic E-state index is -0.250. The first kappa shape index (κ1) is 20.5. The highest BCUT2D eigenvalue weighted by atomic mass is 16.5. The van der Waals surface area contributed by atoms with Crippen molar-refractivity contribution in [3.63, 3.8) is 0 Å². The maximum atomic E-state index is 12.4. The molecule has 0 saturated heterocycles. The van der Waals surface area contributed by atoms with Crippen LogP contribution in [0.15, 0.2) is 59.0 Å². The molecule has 3 aromatic carbocycles. The van der Waals surface area contributed by atoms with Gasteiger partial charge in [0, 0.05) is 11.3 Å². The van der Waals surface area contributed by atoms with Gasteiger partial charge in [-0.25, -0.2) is 4.98 Å². The van der Waals surface area contributed by atoms with Crippen molar-refractivity contribution in [1.82, 2.24) is 4.98 Å². The zero-order valence-corrected chi connectivity index (χ0v) is 18.0. The minimum Gasteiger partial charge on any atom is -0.497 e. The summed E-state index contributed by atoms with van der Waals surface area (Å²) in [5.74, 6) is 1.61. The maximum Gasteiger partial charge on any atom is 0.262 e. The Hall–Kier alpha value is -3.80. The molecule has 6 nitrogen and oxygen atoms in total. The Morgan fingerprint density at radius 3 is 2.52 bits per heavy atom. The first-order valence-corrected chi connectivity index (χ1v) is 9.99. The lowest BCUT2D eigenvalue weighted by atomic mass is 10.1. The SMILES string of the molecule is COc1ccc(OCC(=O)Nc2cccc(-c3nc4cc(C)cc(C)c4o3)c2C)cc1. The van der Waals surface area contributed by atoms with E-state index in [-0.39, 0.29) is 12.5 Å². The predicted molar refractivity (Wildman–Crippen MR) is 121 cm³/mol. The summed E-state index contributed by atoms with van der Waals surface area (Å²) in [4.78, 5) is 17.1. The van der Waals surface area contributed by atoms with E-state index in [4.69, 9.17) is 13.9 Å². The predicted octanol–water partition coefficient (Wildman–Crippen LogP) is 5.45. The molecule has 0 radical (unpaired) electrons. The third-order valence-corrected chi connectivity index (χ3v) is 5.09. The molecule has 1 heterocycles. The van der Waals surface area contributed by atoms with E-state index in [1.807, 2.05) is 45.0 Å². The number of hydrogen-bond acceptors (Lipinski definition) is 5. The van der Waals surface area contributed by atoms with Crippen molar-refractivity contribution in [2.24, 2.45) is 0 Å². The van der Waals surface area contributed by atoms with E-state index in [0.717, 1.165) is 39.1 Å². The highest BCUT2D eigenvalue weighted by Crippen LogP contribution is 2.32. The van der Waals surface area contributed by atoms with E-state index in [0.29, 0.717) is 17.3 Å². The molecule has 158 valence electrons. The Morgan fingerprint density at radius 1 is 1.03 bits per heavy atom. The zero-order chi connectivity index (χ0) is 22.0. The van der Waals surface area contributed by atoms with Gasteiger partial charge in [-0.15, -0.1) is 0 Å². The van der Waals surface area contributed by atoms with Crippen LogP contribution in [-0.2, 0) is 4.79 Å². The van der Waals surface area contributed by atoms with Crippen molar-refractivity contribution in [2.75, 3.05) is 19.0 Å². The highest BCUT2D eigenvalue weighted by molar-refractivity contribution is 5.93. The van der Waals surface area contributed by atoms with Gasteiger partial charge in [0.05, 0.1) is 7.11 Å². The first-order chi connectivity index (χ1) is 14.9. The third-order valence-electron chi connectivity index (χ3n) is 5.09. The van der Waals surface area contributed by atoms with Gasteiger partial charge in [0.25, 0.3) is 5.91 Å². The average Bonchev–Trinajstić information content (AvgIpc) is 3.18. The largest absolute Gasteiger partial charge is 0.497 e. The van der Waals surface area contributed by atoms with Crippen LogP contribution in [0.3, 0.4) is 0 Å². The molecule has 4 aromatic rings. The summed E-state index contributed by atoms with van der Waals surface area (Å²) in [6.45, 7) is 5.88. The van der Waals surface area contributed by atoms with Crippen molar-refractivity contribution < 1.29 is 18.7 Å². The van der Waals surface area contributed by atoms with Crippen LogP contribution >= 0.6 is 0 Å². The summed E-state index contributed by atoms with van der Waals surface area (Å²) in [6, 6.07) is 16.8. The molecule has 6 heteroatoms. The molecule has 4 rings (SSSR count). The molecule has 31 heavy (non-hydrogen) atoms. The molecule has 1 amide bonds. The fourth-order valence-electron chi connectivity index (χ4n) is 3.50. The van der Waals surface area contributed by atoms with Crippen LogP contribution in [0.4, 0.5) is 5.69 Å². The number of carbonyl (C=O) groups is 1. The third kappa shape index (κ3) is 4.38. The first-order valence-electron chi connectivity index (χ1n) is 9.99. The molecule has 0 aliphatic rings. The fourth-order valence-corrected chi connectivity index (χ4v) is 3.50. The molecule has 0 atom stereocenters. The van der Waals surface area contributed by atoms with E-state index in [2.05, 4.69) is 16.4 Å². The van der Waals surface area contributed by atoms with Crippen molar-refractivity contribution in [2.45, 2.75) is 20.8 Å². The lowest BCUT2D eigenvalue weighted by Gasteiger charge is -2.12. The normalized spacial score (nSPS) is 10.8. The minimum absolute atomic E-state index is 0.0998. The lowest BCUT2D eigenvalue weighted by Crippen LogP contribution is -2.20. The van der Waals surface area contributed by atoms with Gasteiger partial charge in [0.1, 0.15) is 17.0 Å². The van der Waals surface area contributed by atoms with E-state index >= 15 is 0 Å². The lowest BCUT2D eigenvalue weighted by molar-refractivity contribution is -0.118. The van der Waals surface area contributed by atoms with Crippen LogP contribution in [0.2, 0.25) is 0 Å². The van der Waals surface area contributed by atoms with Crippen molar-refractivity contribution in [3.05, 3.63) is 71.3 Å². The number of ether oxygens (including phenoxy) is 2. The summed E-state index contributed by atoms with van der Waals surface area (Å²) in [5, 5.41) is 2.91. The number of methoxy groups -OCH3 is 1. The molecule has 1 N–H and O–H groups in total. The Balaban J connectivity index is 1.51. The number of fused-ring (bicyclic) bond motifs is 1. The zero-order valence-electron chi connectivity index (χ0n) is 18.0. The Kier molecular flexibility index (Phi) is 5.62. The van der Waals surface area contributed by atoms with Crippen LogP contribution in [-0.4, -0.2) is 24.6 Å². The molecule has 0 saturated carbocycles. The molecule has 0 aliphatic carbocycles. The topological polar surface area (TPSA) is 73.6 Å². The summed E-state index contributed by atoms with van der Waals surface area (Å²) < 4.78 is 16.7. The molecule has 0 unspecified atom stereocenters. The standard InChI is InChI=1S/C25H24N2O4/c1-15-12-16(2)24-22(13-15)27-25(31-24)20-6-5-7-21(17(20)3)26-23(28)14-30-19-10-8-18(29-4)9-11-19/h5-13H,14H2,1-4H3,(H,26,28). The number of nitrogens with zero attached hydrogens (tertiary/aromatic N) is 1. The van der Waals surface area contributed by atoms with Gasteiger partial charge in [0.15, 0.2) is 12.2 Å². The molecule has 0 spiro atoms. The van der Waals surface area contributed by atoms with Gasteiger partial charge in [-0.2, -0.15) is 0 Å². The van der Waals surface area contributed by atoms with Crippen molar-refractivity contribution >= 4 is 22.7 Å². The highest BCUT2D eigenvalue weighted by Gasteiger charge is 2.15. The van der Waals surface area contributed by atoms with Crippen LogP contribution in [0, 0.1) is 20.8 Å². The quantitative estimate of drug-likeness (QED) is 0.453. The number of amides is 1. The smallest absolute Gasteiger partial charge is 0.262 e. The number of rotatable bonds is 6. The molecular weight excluding hydrogens is 392 g/mol. The average molecular weight is 416 g/mol. The van der Waals surface area contributed by atoms with Gasteiger partial charge in [-0.1, -0.05) is 12.1 Å². The van der Waals surface area contributed by atoms with Gasteiger partial charge in [-0.3, -0.25) is 4.79 Å². The monoisotopic (exact) mass is 416 g/mol. The van der Waals surface area contributed by atoms with Crippen molar-refractivity contribution in [1.29, 1.82) is 0 Å². The number of aromatic nitrogens is 1. The van der Waals surface area contributed by atoms with E-state index < -0.39 is 0 Å². The molecule has 0 fully saturated rings. The second-order valence-electron chi connectivity index (χ2n) is 7.44. The van der Waals surface area contributed by atoms with Crippen molar-refractivity contribution in [3.8, 4) is 23.0 Å². The number of carbonyl (C=O) groups excluding carboxylic acids is 1. The second kappa shape index (κ2) is 8.52. The van der Waals surface area contributed by atoms with E-state index in [1.54, 1.807) is 31.4 Å². The van der Waals surface area contributed by atoms with E-state index in [1.165, 1.54) is 0 Å². The molecule has 0 aliphatic heterocycles. The summed E-state index contributed by atoms with van der Waals surface area (Å²) >= 11 is 0. The summed E-state index contributed by atoms with van der Waals surface area (Å²) in [5.41, 5.74) is 6.20. The fraction of sp³-hybridized carbons (Fsp3) is 0.200. The van der Waals surface area contributed by atoms with Crippen LogP contribution < -0.4 is 14.8 Å². The maximum absolute atomic E-state index is 12.4.